The largest absolute Gasteiger partial charge is 0.364 e. The van der Waals surface area contributed by atoms with E-state index in [2.05, 4.69) is 20.4 Å². The molecule has 8 nitrogen and oxygen atoms in total. The monoisotopic (exact) mass is 413 g/mol. The van der Waals surface area contributed by atoms with E-state index in [1.807, 2.05) is 18.2 Å². The van der Waals surface area contributed by atoms with Gasteiger partial charge in [0, 0.05) is 6.20 Å². The number of benzene rings is 1. The minimum Gasteiger partial charge on any atom is -0.364 e. The molecular formula is C18H13Cl2N7O. The number of anilines is 2. The van der Waals surface area contributed by atoms with E-state index in [4.69, 9.17) is 28.9 Å². The van der Waals surface area contributed by atoms with Gasteiger partial charge in [0.2, 0.25) is 0 Å². The Hall–Kier alpha value is -3.36. The number of aromatic nitrogens is 5. The van der Waals surface area contributed by atoms with Gasteiger partial charge in [0.05, 0.1) is 28.1 Å². The second kappa shape index (κ2) is 7.34. The number of imidazole rings is 1. The quantitative estimate of drug-likeness (QED) is 0.519. The van der Waals surface area contributed by atoms with E-state index >= 15 is 0 Å². The Morgan fingerprint density at radius 3 is 2.50 bits per heavy atom. The van der Waals surface area contributed by atoms with E-state index < -0.39 is 5.91 Å². The number of hydrogen-bond donors (Lipinski definition) is 2. The van der Waals surface area contributed by atoms with Crippen LogP contribution in [0.5, 0.6) is 0 Å². The normalized spacial score (nSPS) is 10.8. The van der Waals surface area contributed by atoms with Crippen LogP contribution >= 0.6 is 23.2 Å². The van der Waals surface area contributed by atoms with Gasteiger partial charge < -0.3 is 11.1 Å². The maximum absolute atomic E-state index is 11.9. The number of amides is 1. The topological polar surface area (TPSA) is 104 Å². The second-order valence-corrected chi connectivity index (χ2v) is 6.56. The van der Waals surface area contributed by atoms with Gasteiger partial charge in [0.15, 0.2) is 5.69 Å². The van der Waals surface area contributed by atoms with Gasteiger partial charge in [0.25, 0.3) is 5.91 Å². The number of halogens is 2. The number of nitrogens with two attached hydrogens (primary N) is 1. The number of nitrogens with zero attached hydrogens (tertiary/aromatic N) is 5. The van der Waals surface area contributed by atoms with E-state index in [1.165, 1.54) is 4.68 Å². The van der Waals surface area contributed by atoms with Crippen LogP contribution in [0.4, 0.5) is 11.5 Å². The van der Waals surface area contributed by atoms with E-state index in [9.17, 15) is 4.79 Å². The summed E-state index contributed by atoms with van der Waals surface area (Å²) in [5, 5.41) is 8.04. The molecule has 0 spiro atoms. The van der Waals surface area contributed by atoms with E-state index in [1.54, 1.807) is 47.7 Å². The molecule has 1 aromatic carbocycles. The SMILES string of the molecule is NC(=O)c1nn(-c2c(Cl)cccc2Cl)cc1Nc1cn(-c2ccccn2)cn1. The Bertz CT molecular complexity index is 1130. The molecule has 1 amide bonds. The predicted molar refractivity (Wildman–Crippen MR) is 107 cm³/mol. The van der Waals surface area contributed by atoms with Gasteiger partial charge in [-0.25, -0.2) is 14.6 Å². The summed E-state index contributed by atoms with van der Waals surface area (Å²) >= 11 is 12.5. The molecule has 140 valence electrons. The smallest absolute Gasteiger partial charge is 0.271 e. The standard InChI is InChI=1S/C18H13Cl2N7O/c19-11-4-3-5-12(20)17(11)27-8-13(16(25-27)18(21)28)24-14-9-26(10-23-14)15-6-1-2-7-22-15/h1-10,24H,(H2,21,28). The molecule has 3 heterocycles. The molecule has 0 atom stereocenters. The summed E-state index contributed by atoms with van der Waals surface area (Å²) in [5.74, 6) is 0.489. The van der Waals surface area contributed by atoms with Gasteiger partial charge >= 0.3 is 0 Å². The first-order valence-electron chi connectivity index (χ1n) is 8.09. The number of rotatable bonds is 5. The van der Waals surface area contributed by atoms with Gasteiger partial charge in [-0.1, -0.05) is 35.3 Å². The van der Waals surface area contributed by atoms with Crippen molar-refractivity contribution in [1.82, 2.24) is 24.3 Å². The molecule has 0 bridgehead atoms. The third-order valence-electron chi connectivity index (χ3n) is 3.87. The van der Waals surface area contributed by atoms with Crippen LogP contribution in [0.1, 0.15) is 10.5 Å². The Labute approximate surface area is 169 Å². The second-order valence-electron chi connectivity index (χ2n) is 5.75. The number of carbonyl (C=O) groups is 1. The van der Waals surface area contributed by atoms with Gasteiger partial charge in [-0.15, -0.1) is 0 Å². The van der Waals surface area contributed by atoms with Crippen LogP contribution in [-0.4, -0.2) is 30.2 Å². The highest BCUT2D eigenvalue weighted by Crippen LogP contribution is 2.30. The van der Waals surface area contributed by atoms with Crippen molar-refractivity contribution in [2.24, 2.45) is 5.73 Å². The highest BCUT2D eigenvalue weighted by Gasteiger charge is 2.18. The minimum atomic E-state index is -0.700. The maximum Gasteiger partial charge on any atom is 0.271 e. The van der Waals surface area contributed by atoms with Crippen molar-refractivity contribution in [2.45, 2.75) is 0 Å². The zero-order chi connectivity index (χ0) is 19.7. The summed E-state index contributed by atoms with van der Waals surface area (Å²) in [6.45, 7) is 0. The van der Waals surface area contributed by atoms with Crippen molar-refractivity contribution < 1.29 is 4.79 Å². The zero-order valence-electron chi connectivity index (χ0n) is 14.3. The van der Waals surface area contributed by atoms with E-state index in [0.29, 0.717) is 33.1 Å². The van der Waals surface area contributed by atoms with Crippen LogP contribution in [0.3, 0.4) is 0 Å². The molecular weight excluding hydrogens is 401 g/mol. The summed E-state index contributed by atoms with van der Waals surface area (Å²) in [6.07, 6.45) is 6.59. The Balaban J connectivity index is 1.70. The molecule has 4 aromatic rings. The molecule has 0 unspecified atom stereocenters. The Kier molecular flexibility index (Phi) is 4.72. The lowest BCUT2D eigenvalue weighted by Crippen LogP contribution is -2.14. The van der Waals surface area contributed by atoms with Crippen LogP contribution < -0.4 is 11.1 Å². The lowest BCUT2D eigenvalue weighted by Gasteiger charge is -2.06. The number of carbonyl (C=O) groups excluding carboxylic acids is 1. The molecule has 0 aliphatic carbocycles. The number of pyridine rings is 1. The Morgan fingerprint density at radius 1 is 1.04 bits per heavy atom. The molecule has 3 N–H and O–H groups in total. The summed E-state index contributed by atoms with van der Waals surface area (Å²) in [4.78, 5) is 20.4. The highest BCUT2D eigenvalue weighted by molar-refractivity contribution is 6.37. The van der Waals surface area contributed by atoms with Crippen LogP contribution in [0.2, 0.25) is 10.0 Å². The number of primary amides is 1. The fourth-order valence-electron chi connectivity index (χ4n) is 2.63. The lowest BCUT2D eigenvalue weighted by atomic mass is 10.3. The van der Waals surface area contributed by atoms with Gasteiger partial charge in [-0.05, 0) is 24.3 Å². The number of para-hydroxylation sites is 1. The molecule has 3 aromatic heterocycles. The number of hydrogen-bond acceptors (Lipinski definition) is 5. The molecule has 0 radical (unpaired) electrons. The van der Waals surface area contributed by atoms with Crippen LogP contribution in [0.15, 0.2) is 61.3 Å². The minimum absolute atomic E-state index is 0.0309. The molecule has 10 heteroatoms. The van der Waals surface area contributed by atoms with Crippen LogP contribution in [0.25, 0.3) is 11.5 Å². The molecule has 0 saturated carbocycles. The maximum atomic E-state index is 11.9. The molecule has 4 rings (SSSR count). The molecule has 0 aliphatic heterocycles. The van der Waals surface area contributed by atoms with Crippen molar-refractivity contribution in [3.8, 4) is 11.5 Å². The van der Waals surface area contributed by atoms with Crippen LogP contribution in [0, 0.1) is 0 Å². The fraction of sp³-hybridized carbons (Fsp3) is 0. The Morgan fingerprint density at radius 2 is 1.82 bits per heavy atom. The first kappa shape index (κ1) is 18.0. The summed E-state index contributed by atoms with van der Waals surface area (Å²) in [6, 6.07) is 10.6. The lowest BCUT2D eigenvalue weighted by molar-refractivity contribution is 0.0996. The van der Waals surface area contributed by atoms with Crippen LogP contribution in [-0.2, 0) is 0 Å². The van der Waals surface area contributed by atoms with Crippen molar-refractivity contribution in [2.75, 3.05) is 5.32 Å². The average Bonchev–Trinajstić information content (AvgIpc) is 3.30. The van der Waals surface area contributed by atoms with E-state index in [-0.39, 0.29) is 5.69 Å². The summed E-state index contributed by atoms with van der Waals surface area (Å²) in [5.41, 5.74) is 6.32. The van der Waals surface area contributed by atoms with Crippen molar-refractivity contribution in [3.63, 3.8) is 0 Å². The highest BCUT2D eigenvalue weighted by atomic mass is 35.5. The van der Waals surface area contributed by atoms with E-state index in [0.717, 1.165) is 0 Å². The van der Waals surface area contributed by atoms with Crippen molar-refractivity contribution >= 4 is 40.6 Å². The van der Waals surface area contributed by atoms with Crippen molar-refractivity contribution in [3.05, 3.63) is 77.1 Å². The van der Waals surface area contributed by atoms with Gasteiger partial charge in [0.1, 0.15) is 23.7 Å². The first-order chi connectivity index (χ1) is 13.5. The van der Waals surface area contributed by atoms with Gasteiger partial charge in [-0.2, -0.15) is 5.10 Å². The number of nitrogens with one attached hydrogen (secondary N) is 1. The molecule has 0 aliphatic rings. The third kappa shape index (κ3) is 3.42. The van der Waals surface area contributed by atoms with Gasteiger partial charge in [-0.3, -0.25) is 9.36 Å². The molecule has 28 heavy (non-hydrogen) atoms. The fourth-order valence-corrected chi connectivity index (χ4v) is 3.20. The summed E-state index contributed by atoms with van der Waals surface area (Å²) in [7, 11) is 0. The van der Waals surface area contributed by atoms with Crippen molar-refractivity contribution in [1.29, 1.82) is 0 Å². The zero-order valence-corrected chi connectivity index (χ0v) is 15.8. The predicted octanol–water partition coefficient (Wildman–Crippen LogP) is 3.60. The molecule has 0 saturated heterocycles. The third-order valence-corrected chi connectivity index (χ3v) is 4.48. The first-order valence-corrected chi connectivity index (χ1v) is 8.85. The summed E-state index contributed by atoms with van der Waals surface area (Å²) < 4.78 is 3.14. The molecule has 0 fully saturated rings. The average molecular weight is 414 g/mol.